The zero-order valence-electron chi connectivity index (χ0n) is 22.1. The molecule has 6 atom stereocenters. The number of aliphatic hydroxyl groups is 1. The van der Waals surface area contributed by atoms with Gasteiger partial charge in [0.15, 0.2) is 0 Å². The van der Waals surface area contributed by atoms with E-state index < -0.39 is 24.1 Å². The summed E-state index contributed by atoms with van der Waals surface area (Å²) in [6.45, 7) is 11.4. The van der Waals surface area contributed by atoms with Crippen LogP contribution in [-0.2, 0) is 32.5 Å². The van der Waals surface area contributed by atoms with Gasteiger partial charge in [0.1, 0.15) is 18.9 Å². The number of aliphatic hydroxyl groups excluding tert-OH is 1. The van der Waals surface area contributed by atoms with Gasteiger partial charge in [-0.25, -0.2) is 14.6 Å². The van der Waals surface area contributed by atoms with Crippen molar-refractivity contribution in [2.75, 3.05) is 19.8 Å². The zero-order chi connectivity index (χ0) is 27.6. The van der Waals surface area contributed by atoms with Gasteiger partial charge in [-0.3, -0.25) is 4.79 Å². The van der Waals surface area contributed by atoms with Gasteiger partial charge in [0.25, 0.3) is 0 Å². The molecule has 10 nitrogen and oxygen atoms in total. The van der Waals surface area contributed by atoms with Crippen LogP contribution in [0, 0.1) is 11.8 Å². The van der Waals surface area contributed by atoms with Gasteiger partial charge >= 0.3 is 12.1 Å². The molecule has 2 fully saturated rings. The van der Waals surface area contributed by atoms with Crippen molar-refractivity contribution in [3.8, 4) is 0 Å². The average molecular weight is 545 g/mol. The maximum Gasteiger partial charge on any atom is 0.410 e. The Morgan fingerprint density at radius 2 is 2.00 bits per heavy atom. The smallest absolute Gasteiger partial charge is 0.410 e. The third kappa shape index (κ3) is 5.26. The first-order valence-electron chi connectivity index (χ1n) is 12.9. The monoisotopic (exact) mass is 544 g/mol. The van der Waals surface area contributed by atoms with Crippen LogP contribution in [0.25, 0.3) is 0 Å². The molecule has 0 unspecified atom stereocenters. The minimum absolute atomic E-state index is 0.0127. The maximum absolute atomic E-state index is 13.1. The highest BCUT2D eigenvalue weighted by Gasteiger charge is 2.60. The molecule has 1 N–H and O–H groups in total. The molecule has 0 spiro atoms. The second-order valence-corrected chi connectivity index (χ2v) is 11.4. The van der Waals surface area contributed by atoms with E-state index in [1.54, 1.807) is 18.2 Å². The number of amides is 2. The summed E-state index contributed by atoms with van der Waals surface area (Å²) in [4.78, 5) is 47.1. The van der Waals surface area contributed by atoms with Gasteiger partial charge in [-0.1, -0.05) is 32.2 Å². The number of hydrogen-bond acceptors (Lipinski definition) is 8. The van der Waals surface area contributed by atoms with Crippen LogP contribution in [0.2, 0.25) is 0 Å². The lowest BCUT2D eigenvalue weighted by molar-refractivity contribution is -0.164. The van der Waals surface area contributed by atoms with Crippen molar-refractivity contribution >= 4 is 29.7 Å². The fourth-order valence-corrected chi connectivity index (χ4v) is 7.22. The molecule has 4 rings (SSSR count). The summed E-state index contributed by atoms with van der Waals surface area (Å²) in [5.74, 6) is -1.57. The Morgan fingerprint density at radius 1 is 1.29 bits per heavy atom. The molecule has 4 heterocycles. The number of aromatic nitrogens is 2. The fraction of sp³-hybridized carbons (Fsp3) is 0.556. The molecule has 0 aromatic carbocycles. The number of aryl methyl sites for hydroxylation is 2. The van der Waals surface area contributed by atoms with Gasteiger partial charge in [-0.15, -0.1) is 11.8 Å². The lowest BCUT2D eigenvalue weighted by Gasteiger charge is -2.46. The van der Waals surface area contributed by atoms with Crippen LogP contribution < -0.4 is 0 Å². The molecule has 3 aliphatic heterocycles. The van der Waals surface area contributed by atoms with Crippen LogP contribution in [0.5, 0.6) is 0 Å². The third-order valence-corrected chi connectivity index (χ3v) is 9.01. The highest BCUT2D eigenvalue weighted by Crippen LogP contribution is 2.52. The van der Waals surface area contributed by atoms with Gasteiger partial charge < -0.3 is 28.9 Å². The largest absolute Gasteiger partial charge is 0.457 e. The lowest BCUT2D eigenvalue weighted by atomic mass is 9.79. The third-order valence-electron chi connectivity index (χ3n) is 7.51. The van der Waals surface area contributed by atoms with E-state index in [-0.39, 0.29) is 48.1 Å². The van der Waals surface area contributed by atoms with Crippen LogP contribution in [0.15, 0.2) is 48.4 Å². The van der Waals surface area contributed by atoms with E-state index >= 15 is 0 Å². The summed E-state index contributed by atoms with van der Waals surface area (Å²) in [5, 5.41) is 10.2. The van der Waals surface area contributed by atoms with E-state index in [9.17, 15) is 19.5 Å². The van der Waals surface area contributed by atoms with E-state index in [4.69, 9.17) is 9.47 Å². The zero-order valence-corrected chi connectivity index (χ0v) is 22.9. The number of hydrogen-bond donors (Lipinski definition) is 1. The van der Waals surface area contributed by atoms with Crippen molar-refractivity contribution in [3.05, 3.63) is 54.1 Å². The second-order valence-electron chi connectivity index (χ2n) is 10.0. The highest BCUT2D eigenvalue weighted by atomic mass is 32.2. The van der Waals surface area contributed by atoms with E-state index in [2.05, 4.69) is 18.1 Å². The second kappa shape index (κ2) is 11.8. The van der Waals surface area contributed by atoms with Gasteiger partial charge in [0, 0.05) is 47.6 Å². The molecule has 206 valence electrons. The van der Waals surface area contributed by atoms with Gasteiger partial charge in [0.05, 0.1) is 24.4 Å². The molecule has 3 aliphatic rings. The summed E-state index contributed by atoms with van der Waals surface area (Å²) in [5.41, 5.74) is 1.32. The Hall–Kier alpha value is -3.05. The molecule has 2 amide bonds. The number of ether oxygens (including phenoxy) is 2. The number of fused-ring (bicyclic) bond motifs is 1. The number of nitrogens with zero attached hydrogens (tertiary/aromatic N) is 4. The molecule has 1 aromatic heterocycles. The van der Waals surface area contributed by atoms with Crippen LogP contribution in [0.1, 0.15) is 32.4 Å². The quantitative estimate of drug-likeness (QED) is 0.257. The fourth-order valence-electron chi connectivity index (χ4n) is 5.66. The van der Waals surface area contributed by atoms with Crippen molar-refractivity contribution in [1.29, 1.82) is 0 Å². The van der Waals surface area contributed by atoms with Gasteiger partial charge in [0.2, 0.25) is 5.91 Å². The number of carbonyl (C=O) groups is 3. The van der Waals surface area contributed by atoms with Crippen molar-refractivity contribution in [2.24, 2.45) is 18.9 Å². The van der Waals surface area contributed by atoms with Crippen LogP contribution >= 0.6 is 11.8 Å². The van der Waals surface area contributed by atoms with Crippen LogP contribution in [-0.4, -0.2) is 85.6 Å². The molecular weight excluding hydrogens is 508 g/mol. The van der Waals surface area contributed by atoms with E-state index in [1.807, 2.05) is 24.7 Å². The first kappa shape index (κ1) is 28.0. The molecular formula is C27H36N4O6S. The highest BCUT2D eigenvalue weighted by molar-refractivity contribution is 8.03. The number of likely N-dealkylation sites (tertiary alicyclic amines) is 1. The minimum atomic E-state index is -0.820. The Labute approximate surface area is 227 Å². The van der Waals surface area contributed by atoms with Gasteiger partial charge in [-0.05, 0) is 26.2 Å². The Bertz CT molecular complexity index is 1130. The summed E-state index contributed by atoms with van der Waals surface area (Å²) in [6.07, 6.45) is 7.58. The van der Waals surface area contributed by atoms with E-state index in [0.29, 0.717) is 13.0 Å². The molecule has 1 aromatic rings. The predicted molar refractivity (Wildman–Crippen MR) is 143 cm³/mol. The number of carbonyl (C=O) groups excluding carboxylic acids is 3. The SMILES string of the molecule is C=CCOC(=O)C1=C(S[C@H]2C[C@@H](CCc3cncn3C)N(C(=O)OCC=C)C2)[C@H](C)[C@@H]2[C@@H]([C@@H](C)O)C(=O)N12. The van der Waals surface area contributed by atoms with Crippen molar-refractivity contribution in [1.82, 2.24) is 19.4 Å². The van der Waals surface area contributed by atoms with E-state index in [1.165, 1.54) is 28.8 Å². The molecule has 0 aliphatic carbocycles. The molecule has 2 saturated heterocycles. The number of β-lactam (4-membered cyclic amide) rings is 1. The van der Waals surface area contributed by atoms with Crippen LogP contribution in [0.4, 0.5) is 4.79 Å². The predicted octanol–water partition coefficient (Wildman–Crippen LogP) is 2.65. The standard InChI is InChI=1S/C27H36N4O6S/c1-6-10-36-26(34)23-24(16(3)22-21(17(4)32)25(33)31(22)23)38-20-12-18(8-9-19-13-28-15-29(19)5)30(14-20)27(35)37-11-7-2/h6-7,13,15-18,20-22,32H,1-2,8-12,14H2,3-5H3/t16-,17-,18-,20+,21-,22-/m1/s1. The Morgan fingerprint density at radius 3 is 2.63 bits per heavy atom. The Kier molecular flexibility index (Phi) is 8.67. The Balaban J connectivity index is 1.56. The molecule has 0 bridgehead atoms. The normalized spacial score (nSPS) is 27.2. The first-order valence-corrected chi connectivity index (χ1v) is 13.8. The van der Waals surface area contributed by atoms with Crippen molar-refractivity contribution in [3.63, 3.8) is 0 Å². The van der Waals surface area contributed by atoms with Crippen LogP contribution in [0.3, 0.4) is 0 Å². The molecule has 0 radical (unpaired) electrons. The van der Waals surface area contributed by atoms with Crippen molar-refractivity contribution in [2.45, 2.75) is 56.5 Å². The van der Waals surface area contributed by atoms with Crippen molar-refractivity contribution < 1.29 is 29.0 Å². The number of thioether (sulfide) groups is 1. The summed E-state index contributed by atoms with van der Waals surface area (Å²) >= 11 is 1.52. The number of imidazole rings is 1. The van der Waals surface area contributed by atoms with Gasteiger partial charge in [-0.2, -0.15) is 0 Å². The first-order chi connectivity index (χ1) is 18.2. The minimum Gasteiger partial charge on any atom is -0.457 e. The number of esters is 1. The maximum atomic E-state index is 13.1. The molecule has 0 saturated carbocycles. The average Bonchev–Trinajstić information content (AvgIpc) is 3.55. The molecule has 11 heteroatoms. The topological polar surface area (TPSA) is 114 Å². The summed E-state index contributed by atoms with van der Waals surface area (Å²) in [6, 6.07) is -0.357. The summed E-state index contributed by atoms with van der Waals surface area (Å²) < 4.78 is 12.7. The molecule has 38 heavy (non-hydrogen) atoms. The lowest BCUT2D eigenvalue weighted by Crippen LogP contribution is -2.63. The summed E-state index contributed by atoms with van der Waals surface area (Å²) in [7, 11) is 1.94. The number of rotatable bonds is 11. The van der Waals surface area contributed by atoms with E-state index in [0.717, 1.165) is 23.4 Å².